The van der Waals surface area contributed by atoms with E-state index in [1.165, 1.54) is 20.4 Å². The van der Waals surface area contributed by atoms with Crippen molar-refractivity contribution in [3.05, 3.63) is 22.1 Å². The first-order valence-electron chi connectivity index (χ1n) is 3.78. The molecular formula is C7H11N3OS. The van der Waals surface area contributed by atoms with Gasteiger partial charge in [0.05, 0.1) is 0 Å². The normalized spacial score (nSPS) is 9.58. The largest absolute Gasteiger partial charge is 0.350 e. The summed E-state index contributed by atoms with van der Waals surface area (Å²) in [6.07, 6.45) is 1.72. The highest BCUT2D eigenvalue weighted by atomic mass is 32.1. The van der Waals surface area contributed by atoms with Crippen LogP contribution in [0.15, 0.2) is 16.4 Å². The lowest BCUT2D eigenvalue weighted by Crippen LogP contribution is -2.16. The lowest BCUT2D eigenvalue weighted by atomic mass is 10.9. The smallest absolute Gasteiger partial charge is 0.246 e. The van der Waals surface area contributed by atoms with Gasteiger partial charge in [-0.25, -0.2) is 13.9 Å². The summed E-state index contributed by atoms with van der Waals surface area (Å²) < 4.78 is 2.84. The molecular weight excluding hydrogens is 174 g/mol. The van der Waals surface area contributed by atoms with Crippen LogP contribution in [-0.2, 0) is 7.05 Å². The minimum Gasteiger partial charge on any atom is -0.246 e. The maximum Gasteiger partial charge on any atom is 0.350 e. The molecule has 4 nitrogen and oxygen atoms in total. The predicted octanol–water partition coefficient (Wildman–Crippen LogP) is 1.12. The van der Waals surface area contributed by atoms with E-state index in [1.54, 1.807) is 13.2 Å². The van der Waals surface area contributed by atoms with Crippen molar-refractivity contribution in [2.24, 2.45) is 7.05 Å². The van der Waals surface area contributed by atoms with Crippen molar-refractivity contribution in [2.75, 3.05) is 0 Å². The molecule has 2 heterocycles. The molecule has 66 valence electrons. The first-order chi connectivity index (χ1) is 5.79. The maximum absolute atomic E-state index is 11.1. The standard InChI is InChI=1S/C5H5N3OS.C2H6/c1-7-5(9)8-2-3-10-4(8)6-7;1-2/h2-3H,1H3;1-2H3. The van der Waals surface area contributed by atoms with E-state index in [4.69, 9.17) is 0 Å². The summed E-state index contributed by atoms with van der Waals surface area (Å²) in [4.78, 5) is 11.8. The SMILES string of the molecule is CC.Cn1nc2sccn2c1=O. The zero-order valence-corrected chi connectivity index (χ0v) is 8.13. The fourth-order valence-corrected chi connectivity index (χ4v) is 1.54. The number of aryl methyl sites for hydroxylation is 1. The molecule has 0 bridgehead atoms. The third-order valence-electron chi connectivity index (χ3n) is 1.31. The summed E-state index contributed by atoms with van der Waals surface area (Å²) in [7, 11) is 1.64. The van der Waals surface area contributed by atoms with E-state index in [1.807, 2.05) is 19.2 Å². The average molecular weight is 185 g/mol. The molecule has 0 unspecified atom stereocenters. The molecule has 0 aliphatic rings. The van der Waals surface area contributed by atoms with E-state index >= 15 is 0 Å². The molecule has 0 saturated heterocycles. The molecule has 0 atom stereocenters. The quantitative estimate of drug-likeness (QED) is 0.617. The monoisotopic (exact) mass is 185 g/mol. The van der Waals surface area contributed by atoms with Crippen LogP contribution in [0.4, 0.5) is 0 Å². The molecule has 0 radical (unpaired) electrons. The molecule has 2 aromatic rings. The number of thiazole rings is 1. The van der Waals surface area contributed by atoms with Gasteiger partial charge in [-0.1, -0.05) is 13.8 Å². The van der Waals surface area contributed by atoms with Crippen LogP contribution in [0.25, 0.3) is 4.96 Å². The molecule has 0 saturated carbocycles. The first-order valence-corrected chi connectivity index (χ1v) is 4.66. The second-order valence-corrected chi connectivity index (χ2v) is 2.83. The van der Waals surface area contributed by atoms with Crippen LogP contribution in [0.2, 0.25) is 0 Å². The van der Waals surface area contributed by atoms with Gasteiger partial charge >= 0.3 is 5.69 Å². The molecule has 0 aliphatic heterocycles. The molecule has 5 heteroatoms. The van der Waals surface area contributed by atoms with Gasteiger partial charge in [-0.05, 0) is 0 Å². The van der Waals surface area contributed by atoms with E-state index < -0.39 is 0 Å². The molecule has 0 fully saturated rings. The van der Waals surface area contributed by atoms with Crippen LogP contribution in [-0.4, -0.2) is 14.2 Å². The van der Waals surface area contributed by atoms with Crippen molar-refractivity contribution in [1.82, 2.24) is 14.2 Å². The number of nitrogens with zero attached hydrogens (tertiary/aromatic N) is 3. The van der Waals surface area contributed by atoms with Crippen LogP contribution < -0.4 is 5.69 Å². The Balaban J connectivity index is 0.000000336. The molecule has 0 aromatic carbocycles. The number of fused-ring (bicyclic) bond motifs is 1. The Hall–Kier alpha value is -1.10. The first kappa shape index (κ1) is 8.99. The second kappa shape index (κ2) is 3.53. The van der Waals surface area contributed by atoms with Crippen LogP contribution in [0.1, 0.15) is 13.8 Å². The molecule has 0 spiro atoms. The molecule has 0 aliphatic carbocycles. The average Bonchev–Trinajstić information content (AvgIpc) is 2.62. The van der Waals surface area contributed by atoms with Gasteiger partial charge in [-0.3, -0.25) is 0 Å². The zero-order valence-electron chi connectivity index (χ0n) is 7.31. The van der Waals surface area contributed by atoms with Crippen molar-refractivity contribution in [2.45, 2.75) is 13.8 Å². The minimum absolute atomic E-state index is 0.0868. The van der Waals surface area contributed by atoms with Gasteiger partial charge in [-0.15, -0.1) is 16.4 Å². The lowest BCUT2D eigenvalue weighted by Gasteiger charge is -1.77. The van der Waals surface area contributed by atoms with Gasteiger partial charge < -0.3 is 0 Å². The molecule has 12 heavy (non-hydrogen) atoms. The lowest BCUT2D eigenvalue weighted by molar-refractivity contribution is 0.733. The Kier molecular flexibility index (Phi) is 2.65. The Morgan fingerprint density at radius 1 is 1.50 bits per heavy atom. The zero-order chi connectivity index (χ0) is 9.14. The summed E-state index contributed by atoms with van der Waals surface area (Å²) in [5.74, 6) is 0. The minimum atomic E-state index is -0.0868. The van der Waals surface area contributed by atoms with Crippen molar-refractivity contribution < 1.29 is 0 Å². The third kappa shape index (κ3) is 1.27. The number of aromatic nitrogens is 3. The van der Waals surface area contributed by atoms with Crippen LogP contribution in [0, 0.1) is 0 Å². The van der Waals surface area contributed by atoms with E-state index in [0.29, 0.717) is 0 Å². The van der Waals surface area contributed by atoms with Gasteiger partial charge in [0, 0.05) is 18.6 Å². The van der Waals surface area contributed by atoms with E-state index in [-0.39, 0.29) is 5.69 Å². The van der Waals surface area contributed by atoms with Gasteiger partial charge in [0.1, 0.15) is 0 Å². The van der Waals surface area contributed by atoms with E-state index in [0.717, 1.165) is 4.96 Å². The van der Waals surface area contributed by atoms with Crippen molar-refractivity contribution in [3.63, 3.8) is 0 Å². The number of rotatable bonds is 0. The maximum atomic E-state index is 11.1. The van der Waals surface area contributed by atoms with Gasteiger partial charge in [0.25, 0.3) is 0 Å². The Morgan fingerprint density at radius 3 is 2.75 bits per heavy atom. The van der Waals surface area contributed by atoms with Gasteiger partial charge in [0.2, 0.25) is 4.96 Å². The summed E-state index contributed by atoms with van der Waals surface area (Å²) in [6, 6.07) is 0. The summed E-state index contributed by atoms with van der Waals surface area (Å²) >= 11 is 1.45. The van der Waals surface area contributed by atoms with E-state index in [9.17, 15) is 4.79 Å². The highest BCUT2D eigenvalue weighted by molar-refractivity contribution is 7.15. The highest BCUT2D eigenvalue weighted by Gasteiger charge is 2.01. The molecule has 2 aromatic heterocycles. The van der Waals surface area contributed by atoms with Crippen LogP contribution >= 0.6 is 11.3 Å². The topological polar surface area (TPSA) is 39.3 Å². The van der Waals surface area contributed by atoms with Gasteiger partial charge in [-0.2, -0.15) is 0 Å². The summed E-state index contributed by atoms with van der Waals surface area (Å²) in [5, 5.41) is 5.80. The fraction of sp³-hybridized carbons (Fsp3) is 0.429. The number of hydrogen-bond donors (Lipinski definition) is 0. The second-order valence-electron chi connectivity index (χ2n) is 1.96. The van der Waals surface area contributed by atoms with Crippen LogP contribution in [0.3, 0.4) is 0 Å². The molecule has 0 N–H and O–H groups in total. The molecule has 2 rings (SSSR count). The van der Waals surface area contributed by atoms with E-state index in [2.05, 4.69) is 5.10 Å². The summed E-state index contributed by atoms with van der Waals surface area (Å²) in [6.45, 7) is 4.00. The highest BCUT2D eigenvalue weighted by Crippen LogP contribution is 2.03. The van der Waals surface area contributed by atoms with Crippen molar-refractivity contribution in [1.29, 1.82) is 0 Å². The third-order valence-corrected chi connectivity index (χ3v) is 2.05. The van der Waals surface area contributed by atoms with Crippen LogP contribution in [0.5, 0.6) is 0 Å². The predicted molar refractivity (Wildman–Crippen MR) is 49.7 cm³/mol. The van der Waals surface area contributed by atoms with Crippen molar-refractivity contribution in [3.8, 4) is 0 Å². The number of hydrogen-bond acceptors (Lipinski definition) is 3. The van der Waals surface area contributed by atoms with Gasteiger partial charge in [0.15, 0.2) is 0 Å². The Labute approximate surface area is 74.1 Å². The van der Waals surface area contributed by atoms with Crippen molar-refractivity contribution >= 4 is 16.3 Å². The molecule has 0 amide bonds. The Morgan fingerprint density at radius 2 is 2.17 bits per heavy atom. The Bertz CT molecular complexity index is 411. The summed E-state index contributed by atoms with van der Waals surface area (Å²) in [5.41, 5.74) is -0.0868. The fourth-order valence-electron chi connectivity index (χ4n) is 0.817.